The summed E-state index contributed by atoms with van der Waals surface area (Å²) in [7, 11) is -3.95. The molecule has 7 rings (SSSR count). The van der Waals surface area contributed by atoms with Crippen molar-refractivity contribution in [2.75, 3.05) is 13.2 Å². The summed E-state index contributed by atoms with van der Waals surface area (Å²) in [4.78, 5) is 27.4. The number of ether oxygens (including phenoxy) is 1. The van der Waals surface area contributed by atoms with Gasteiger partial charge in [-0.3, -0.25) is 18.3 Å². The molecule has 48 heavy (non-hydrogen) atoms. The van der Waals surface area contributed by atoms with Gasteiger partial charge in [-0.2, -0.15) is 8.42 Å². The topological polar surface area (TPSA) is 105 Å². The van der Waals surface area contributed by atoms with Crippen LogP contribution in [-0.2, 0) is 20.8 Å². The Bertz CT molecular complexity index is 2460. The van der Waals surface area contributed by atoms with Crippen molar-refractivity contribution in [1.82, 2.24) is 4.57 Å². The molecule has 0 fully saturated rings. The number of hydrogen-bond acceptors (Lipinski definition) is 7. The van der Waals surface area contributed by atoms with Crippen molar-refractivity contribution in [1.29, 1.82) is 0 Å². The molecule has 244 valence electrons. The van der Waals surface area contributed by atoms with Crippen LogP contribution in [0.4, 0.5) is 0 Å². The summed E-state index contributed by atoms with van der Waals surface area (Å²) in [6.07, 6.45) is 3.49. The van der Waals surface area contributed by atoms with Gasteiger partial charge in [0.1, 0.15) is 16.9 Å². The Morgan fingerprint density at radius 2 is 1.33 bits per heavy atom. The Balaban J connectivity index is 1.20. The number of benzene rings is 5. The second kappa shape index (κ2) is 12.9. The average molecular weight is 662 g/mol. The number of fused-ring (bicyclic) bond motifs is 2. The largest absolute Gasteiger partial charge is 0.494 e. The molecule has 0 saturated heterocycles. The molecule has 7 aromatic rings. The molecule has 0 aliphatic carbocycles. The second-order valence-corrected chi connectivity index (χ2v) is 13.7. The lowest BCUT2D eigenvalue weighted by Crippen LogP contribution is -2.33. The predicted octanol–water partition coefficient (Wildman–Crippen LogP) is 8.19. The summed E-state index contributed by atoms with van der Waals surface area (Å²) in [5.74, 6) is 0.840. The Labute approximate surface area is 277 Å². The molecule has 2 heterocycles. The highest BCUT2D eigenvalue weighted by molar-refractivity contribution is 7.86. The van der Waals surface area contributed by atoms with Gasteiger partial charge in [0, 0.05) is 33.5 Å². The maximum Gasteiger partial charge on any atom is 0.296 e. The van der Waals surface area contributed by atoms with Gasteiger partial charge in [0.2, 0.25) is 0 Å². The van der Waals surface area contributed by atoms with Crippen molar-refractivity contribution in [3.8, 4) is 16.9 Å². The van der Waals surface area contributed by atoms with E-state index in [1.165, 1.54) is 12.1 Å². The Kier molecular flexibility index (Phi) is 8.49. The first-order valence-corrected chi connectivity index (χ1v) is 17.6. The first-order chi connectivity index (χ1) is 23.2. The summed E-state index contributed by atoms with van der Waals surface area (Å²) < 4.78 is 43.7. The van der Waals surface area contributed by atoms with E-state index in [0.29, 0.717) is 33.9 Å². The summed E-state index contributed by atoms with van der Waals surface area (Å²) >= 11 is 0. The van der Waals surface area contributed by atoms with E-state index in [0.717, 1.165) is 62.4 Å². The van der Waals surface area contributed by atoms with Gasteiger partial charge in [0.05, 0.1) is 18.1 Å². The first-order valence-electron chi connectivity index (χ1n) is 16.2. The maximum absolute atomic E-state index is 13.7. The van der Waals surface area contributed by atoms with Crippen LogP contribution < -0.4 is 15.9 Å². The number of pyridine rings is 1. The van der Waals surface area contributed by atoms with E-state index < -0.39 is 21.2 Å². The third-order valence-electron chi connectivity index (χ3n) is 8.84. The molecule has 0 amide bonds. The van der Waals surface area contributed by atoms with Crippen molar-refractivity contribution in [2.45, 2.75) is 51.0 Å². The lowest BCUT2D eigenvalue weighted by atomic mass is 9.95. The molecule has 0 unspecified atom stereocenters. The Hall–Kier alpha value is -4.99. The fourth-order valence-corrected chi connectivity index (χ4v) is 7.24. The maximum atomic E-state index is 13.7. The van der Waals surface area contributed by atoms with E-state index in [2.05, 4.69) is 13.0 Å². The molecular weight excluding hydrogens is 626 g/mol. The van der Waals surface area contributed by atoms with Crippen LogP contribution in [-0.4, -0.2) is 26.2 Å². The normalized spacial score (nSPS) is 12.1. The van der Waals surface area contributed by atoms with Gasteiger partial charge < -0.3 is 9.15 Å². The van der Waals surface area contributed by atoms with E-state index in [-0.39, 0.29) is 24.5 Å². The molecule has 0 bridgehead atoms. The van der Waals surface area contributed by atoms with Crippen LogP contribution in [0.15, 0.2) is 110 Å². The number of hydrogen-bond donors (Lipinski definition) is 0. The minimum Gasteiger partial charge on any atom is -0.494 e. The van der Waals surface area contributed by atoms with Crippen molar-refractivity contribution in [3.05, 3.63) is 117 Å². The van der Waals surface area contributed by atoms with E-state index in [1.54, 1.807) is 30.3 Å². The quantitative estimate of drug-likeness (QED) is 0.0563. The summed E-state index contributed by atoms with van der Waals surface area (Å²) in [6, 6.07) is 27.6. The Morgan fingerprint density at radius 3 is 2.06 bits per heavy atom. The molecule has 0 N–H and O–H groups in total. The summed E-state index contributed by atoms with van der Waals surface area (Å²) in [5.41, 5.74) is 3.37. The van der Waals surface area contributed by atoms with Crippen LogP contribution in [0.2, 0.25) is 0 Å². The average Bonchev–Trinajstić information content (AvgIpc) is 3.10. The van der Waals surface area contributed by atoms with Crippen LogP contribution in [0, 0.1) is 6.92 Å². The zero-order valence-corrected chi connectivity index (χ0v) is 27.6. The molecule has 0 radical (unpaired) electrons. The van der Waals surface area contributed by atoms with Crippen molar-refractivity contribution >= 4 is 53.6 Å². The van der Waals surface area contributed by atoms with Gasteiger partial charge in [-0.15, -0.1) is 0 Å². The minimum absolute atomic E-state index is 0.0107. The van der Waals surface area contributed by atoms with E-state index in [4.69, 9.17) is 13.3 Å². The predicted molar refractivity (Wildman–Crippen MR) is 190 cm³/mol. The van der Waals surface area contributed by atoms with Crippen LogP contribution in [0.3, 0.4) is 0 Å². The van der Waals surface area contributed by atoms with Gasteiger partial charge in [-0.25, -0.2) is 0 Å². The smallest absolute Gasteiger partial charge is 0.296 e. The highest BCUT2D eigenvalue weighted by Crippen LogP contribution is 2.38. The van der Waals surface area contributed by atoms with Crippen LogP contribution >= 0.6 is 0 Å². The molecule has 0 aliphatic rings. The van der Waals surface area contributed by atoms with Crippen LogP contribution in [0.1, 0.15) is 38.2 Å². The molecule has 0 spiro atoms. The lowest BCUT2D eigenvalue weighted by molar-refractivity contribution is 0.302. The fraction of sp³-hybridized carbons (Fsp3) is 0.231. The highest BCUT2D eigenvalue weighted by atomic mass is 32.2. The zero-order valence-electron chi connectivity index (χ0n) is 26.8. The number of nitrogens with zero attached hydrogens (tertiary/aromatic N) is 1. The summed E-state index contributed by atoms with van der Waals surface area (Å²) in [6.45, 7) is 4.58. The van der Waals surface area contributed by atoms with Gasteiger partial charge in [0.25, 0.3) is 21.2 Å². The van der Waals surface area contributed by atoms with Crippen molar-refractivity contribution in [3.63, 3.8) is 0 Å². The number of aromatic nitrogens is 1. The fourth-order valence-electron chi connectivity index (χ4n) is 6.29. The first kappa shape index (κ1) is 31.6. The van der Waals surface area contributed by atoms with Crippen LogP contribution in [0.5, 0.6) is 5.75 Å². The van der Waals surface area contributed by atoms with E-state index >= 15 is 0 Å². The van der Waals surface area contributed by atoms with Crippen molar-refractivity contribution < 1.29 is 21.8 Å². The molecular formula is C39H35NO7S. The molecule has 5 aromatic carbocycles. The monoisotopic (exact) mass is 661 g/mol. The Morgan fingerprint density at radius 1 is 0.667 bits per heavy atom. The van der Waals surface area contributed by atoms with E-state index in [1.807, 2.05) is 49.4 Å². The number of unbranched alkanes of at least 4 members (excludes halogenated alkanes) is 2. The minimum atomic E-state index is -3.95. The lowest BCUT2D eigenvalue weighted by Gasteiger charge is -2.14. The molecule has 9 heteroatoms. The highest BCUT2D eigenvalue weighted by Gasteiger charge is 2.20. The third-order valence-corrected chi connectivity index (χ3v) is 10.2. The molecule has 2 aromatic heterocycles. The van der Waals surface area contributed by atoms with Gasteiger partial charge in [0.15, 0.2) is 0 Å². The molecule has 0 aliphatic heterocycles. The summed E-state index contributed by atoms with van der Waals surface area (Å²) in [5, 5.41) is 3.84. The van der Waals surface area contributed by atoms with Gasteiger partial charge in [-0.05, 0) is 90.9 Å². The molecule has 8 nitrogen and oxygen atoms in total. The third kappa shape index (κ3) is 5.84. The number of aryl methyl sites for hydroxylation is 1. The van der Waals surface area contributed by atoms with Crippen molar-refractivity contribution in [2.24, 2.45) is 0 Å². The molecule has 0 atom stereocenters. The van der Waals surface area contributed by atoms with E-state index in [9.17, 15) is 18.0 Å². The SMILES string of the molecule is CCCCCOc1ccc(-c2ccc3oc4ccc5c(=O)n(CCCOS(=O)(=O)c6ccc(C)cc6)c(=O)c6ccc(c3c2)c4c56)cc1. The van der Waals surface area contributed by atoms with Crippen LogP contribution in [0.25, 0.3) is 54.6 Å². The van der Waals surface area contributed by atoms with Gasteiger partial charge >= 0.3 is 0 Å². The van der Waals surface area contributed by atoms with Gasteiger partial charge in [-0.1, -0.05) is 61.7 Å². The molecule has 0 saturated carbocycles. The second-order valence-electron chi connectivity index (χ2n) is 12.1. The standard InChI is InChI=1S/C39H35NO7S/c1-3-4-5-22-45-28-12-9-26(10-13-28)27-11-19-34-33(24-27)30-16-17-31-36-32(18-20-35(47-34)37(30)36)39(42)40(38(31)41)21-6-23-46-48(43,44)29-14-7-25(2)8-15-29/h7-20,24H,3-6,21-23H2,1-2H3. The zero-order chi connectivity index (χ0) is 33.4. The number of rotatable bonds is 12.